The molecule has 0 radical (unpaired) electrons. The molecule has 1 amide bonds. The quantitative estimate of drug-likeness (QED) is 0.316. The third-order valence-corrected chi connectivity index (χ3v) is 6.91. The summed E-state index contributed by atoms with van der Waals surface area (Å²) in [6.07, 6.45) is 5.62. The Morgan fingerprint density at radius 3 is 2.31 bits per heavy atom. The Balaban J connectivity index is 0.00000204. The first-order valence-electron chi connectivity index (χ1n) is 10.7. The van der Waals surface area contributed by atoms with Gasteiger partial charge in [-0.3, -0.25) is 14.7 Å². The van der Waals surface area contributed by atoms with E-state index in [9.17, 15) is 4.79 Å². The first-order valence-corrected chi connectivity index (χ1v) is 11.5. The van der Waals surface area contributed by atoms with Crippen LogP contribution in [0, 0.1) is 0 Å². The summed E-state index contributed by atoms with van der Waals surface area (Å²) in [5.74, 6) is 0.782. The molecule has 0 unspecified atom stereocenters. The van der Waals surface area contributed by atoms with Gasteiger partial charge in [0.2, 0.25) is 5.91 Å². The minimum absolute atomic E-state index is 0. The number of amides is 1. The Morgan fingerprint density at radius 1 is 0.971 bits per heavy atom. The summed E-state index contributed by atoms with van der Waals surface area (Å²) in [5.41, 5.74) is 1.89. The molecule has 10 heteroatoms. The van der Waals surface area contributed by atoms with Crippen molar-refractivity contribution in [3.63, 3.8) is 0 Å². The predicted molar refractivity (Wildman–Crippen MR) is 151 cm³/mol. The molecule has 3 aromatic rings. The number of carbonyl (C=O) groups excluding carboxylic acids is 1. The number of anilines is 1. The lowest BCUT2D eigenvalue weighted by molar-refractivity contribution is -0.120. The van der Waals surface area contributed by atoms with Crippen molar-refractivity contribution in [1.82, 2.24) is 14.9 Å². The molecular formula is C25H29Cl5N4O. The molecule has 1 aliphatic rings. The van der Waals surface area contributed by atoms with Crippen molar-refractivity contribution >= 4 is 72.1 Å². The summed E-state index contributed by atoms with van der Waals surface area (Å²) in [7, 11) is 2.10. The maximum absolute atomic E-state index is 12.8. The molecule has 0 spiro atoms. The van der Waals surface area contributed by atoms with Crippen molar-refractivity contribution in [2.24, 2.45) is 0 Å². The molecule has 1 aliphatic heterocycles. The lowest BCUT2D eigenvalue weighted by Crippen LogP contribution is -2.50. The number of benzene rings is 1. The number of rotatable bonds is 7. The van der Waals surface area contributed by atoms with Crippen LogP contribution in [0.25, 0.3) is 0 Å². The van der Waals surface area contributed by atoms with E-state index >= 15 is 0 Å². The molecule has 0 N–H and O–H groups in total. The molecule has 0 aliphatic carbocycles. The van der Waals surface area contributed by atoms with Crippen molar-refractivity contribution in [1.29, 1.82) is 0 Å². The molecule has 4 rings (SSSR count). The highest BCUT2D eigenvalue weighted by atomic mass is 35.5. The smallest absolute Gasteiger partial charge is 0.228 e. The Labute approximate surface area is 235 Å². The van der Waals surface area contributed by atoms with Gasteiger partial charge in [0.25, 0.3) is 0 Å². The van der Waals surface area contributed by atoms with E-state index in [1.807, 2.05) is 65.7 Å². The molecule has 2 aromatic heterocycles. The normalized spacial score (nSPS) is 17.3. The van der Waals surface area contributed by atoms with E-state index in [1.54, 1.807) is 6.20 Å². The van der Waals surface area contributed by atoms with Crippen molar-refractivity contribution < 1.29 is 4.79 Å². The largest absolute Gasteiger partial charge is 0.301 e. The number of piperidine rings is 1. The SMILES string of the molecule is CN(CC[C@]1(c2ccc(Cl)c(Cl)c2)CCC(=O)N(c2ccccn2)C1)Cc1ccccn1.Cl.Cl.Cl. The van der Waals surface area contributed by atoms with Gasteiger partial charge >= 0.3 is 0 Å². The van der Waals surface area contributed by atoms with Gasteiger partial charge in [-0.15, -0.1) is 37.2 Å². The van der Waals surface area contributed by atoms with Crippen LogP contribution in [0.2, 0.25) is 10.0 Å². The second kappa shape index (κ2) is 14.2. The Hall–Kier alpha value is -1.60. The van der Waals surface area contributed by atoms with Crippen LogP contribution < -0.4 is 4.90 Å². The number of halogens is 5. The topological polar surface area (TPSA) is 49.3 Å². The Bertz CT molecular complexity index is 1070. The minimum atomic E-state index is -0.252. The molecular weight excluding hydrogens is 550 g/mol. The van der Waals surface area contributed by atoms with Crippen LogP contribution in [0.15, 0.2) is 67.0 Å². The first-order chi connectivity index (χ1) is 15.5. The Morgan fingerprint density at radius 2 is 1.69 bits per heavy atom. The van der Waals surface area contributed by atoms with E-state index in [2.05, 4.69) is 21.9 Å². The van der Waals surface area contributed by atoms with E-state index in [-0.39, 0.29) is 48.5 Å². The maximum atomic E-state index is 12.8. The predicted octanol–water partition coefficient (Wildman–Crippen LogP) is 6.64. The minimum Gasteiger partial charge on any atom is -0.301 e. The highest BCUT2D eigenvalue weighted by Crippen LogP contribution is 2.41. The highest BCUT2D eigenvalue weighted by molar-refractivity contribution is 6.42. The van der Waals surface area contributed by atoms with Crippen LogP contribution in [-0.4, -0.2) is 40.9 Å². The fourth-order valence-electron chi connectivity index (χ4n) is 4.34. The lowest BCUT2D eigenvalue weighted by atomic mass is 9.71. The van der Waals surface area contributed by atoms with Gasteiger partial charge in [0.15, 0.2) is 0 Å². The van der Waals surface area contributed by atoms with Crippen LogP contribution in [0.4, 0.5) is 5.82 Å². The van der Waals surface area contributed by atoms with Crippen LogP contribution in [0.3, 0.4) is 0 Å². The molecule has 0 bridgehead atoms. The summed E-state index contributed by atoms with van der Waals surface area (Å²) in [6, 6.07) is 17.5. The number of hydrogen-bond donors (Lipinski definition) is 0. The summed E-state index contributed by atoms with van der Waals surface area (Å²) in [6.45, 7) is 2.17. The zero-order valence-corrected chi connectivity index (χ0v) is 23.2. The fraction of sp³-hybridized carbons (Fsp3) is 0.320. The van der Waals surface area contributed by atoms with E-state index in [0.717, 1.165) is 37.2 Å². The van der Waals surface area contributed by atoms with Crippen LogP contribution in [0.1, 0.15) is 30.5 Å². The molecule has 1 saturated heterocycles. The molecule has 0 saturated carbocycles. The molecule has 190 valence electrons. The maximum Gasteiger partial charge on any atom is 0.228 e. The van der Waals surface area contributed by atoms with Crippen LogP contribution in [0.5, 0.6) is 0 Å². The van der Waals surface area contributed by atoms with Gasteiger partial charge in [-0.05, 0) is 68.4 Å². The zero-order chi connectivity index (χ0) is 22.6. The molecule has 1 atom stereocenters. The third-order valence-electron chi connectivity index (χ3n) is 6.17. The van der Waals surface area contributed by atoms with Crippen molar-refractivity contribution in [3.8, 4) is 0 Å². The number of aromatic nitrogens is 2. The highest BCUT2D eigenvalue weighted by Gasteiger charge is 2.41. The monoisotopic (exact) mass is 576 g/mol. The van der Waals surface area contributed by atoms with Gasteiger partial charge in [-0.2, -0.15) is 0 Å². The number of nitrogens with zero attached hydrogens (tertiary/aromatic N) is 4. The lowest BCUT2D eigenvalue weighted by Gasteiger charge is -2.43. The summed E-state index contributed by atoms with van der Waals surface area (Å²) in [4.78, 5) is 25.8. The number of pyridine rings is 2. The van der Waals surface area contributed by atoms with Gasteiger partial charge in [0.05, 0.1) is 15.7 Å². The average Bonchev–Trinajstić information content (AvgIpc) is 2.82. The van der Waals surface area contributed by atoms with Gasteiger partial charge < -0.3 is 4.90 Å². The number of carbonyl (C=O) groups is 1. The van der Waals surface area contributed by atoms with E-state index < -0.39 is 0 Å². The van der Waals surface area contributed by atoms with Crippen LogP contribution >= 0.6 is 60.4 Å². The summed E-state index contributed by atoms with van der Waals surface area (Å²) in [5, 5.41) is 1.07. The van der Waals surface area contributed by atoms with Gasteiger partial charge in [-0.1, -0.05) is 41.4 Å². The first kappa shape index (κ1) is 31.4. The van der Waals surface area contributed by atoms with Gasteiger partial charge in [0.1, 0.15) is 5.82 Å². The van der Waals surface area contributed by atoms with Crippen molar-refractivity contribution in [2.75, 3.05) is 25.0 Å². The van der Waals surface area contributed by atoms with E-state index in [0.29, 0.717) is 28.8 Å². The van der Waals surface area contributed by atoms with E-state index in [4.69, 9.17) is 23.2 Å². The molecule has 1 aromatic carbocycles. The van der Waals surface area contributed by atoms with Gasteiger partial charge in [0, 0.05) is 37.3 Å². The van der Waals surface area contributed by atoms with Gasteiger partial charge in [-0.25, -0.2) is 4.98 Å². The molecule has 1 fully saturated rings. The zero-order valence-electron chi connectivity index (χ0n) is 19.3. The second-order valence-electron chi connectivity index (χ2n) is 8.39. The fourth-order valence-corrected chi connectivity index (χ4v) is 4.63. The summed E-state index contributed by atoms with van der Waals surface area (Å²) < 4.78 is 0. The number of hydrogen-bond acceptors (Lipinski definition) is 4. The van der Waals surface area contributed by atoms with Crippen molar-refractivity contribution in [3.05, 3.63) is 88.3 Å². The van der Waals surface area contributed by atoms with Crippen LogP contribution in [-0.2, 0) is 16.8 Å². The third kappa shape index (κ3) is 7.69. The second-order valence-corrected chi connectivity index (χ2v) is 9.20. The molecule has 3 heterocycles. The molecule has 35 heavy (non-hydrogen) atoms. The summed E-state index contributed by atoms with van der Waals surface area (Å²) >= 11 is 12.6. The standard InChI is InChI=1S/C25H26Cl2N4O.3ClH/c1-30(17-20-6-2-4-13-28-20)15-12-25(19-8-9-21(26)22(27)16-19)11-10-24(32)31(18-25)23-7-3-5-14-29-23;;;/h2-9,13-14,16H,10-12,15,17-18H2,1H3;3*1H/t25-;;;/m1.../s1. The van der Waals surface area contributed by atoms with Crippen molar-refractivity contribution in [2.45, 2.75) is 31.2 Å². The average molecular weight is 579 g/mol. The molecule has 5 nitrogen and oxygen atoms in total. The van der Waals surface area contributed by atoms with E-state index in [1.165, 1.54) is 0 Å². The Kier molecular flexibility index (Phi) is 12.8.